The van der Waals surface area contributed by atoms with Crippen molar-refractivity contribution in [3.63, 3.8) is 0 Å². The highest BCUT2D eigenvalue weighted by Gasteiger charge is 2.03. The summed E-state index contributed by atoms with van der Waals surface area (Å²) in [7, 11) is 0. The topological polar surface area (TPSA) is 0 Å². The van der Waals surface area contributed by atoms with Crippen LogP contribution in [0.15, 0.2) is 29.2 Å². The predicted octanol–water partition coefficient (Wildman–Crippen LogP) is 4.34. The van der Waals surface area contributed by atoms with Crippen molar-refractivity contribution in [3.8, 4) is 0 Å². The fraction of sp³-hybridized carbons (Fsp3) is 0.400. The Labute approximate surface area is 82.4 Å². The molecular weight excluding hydrogens is 190 g/mol. The average Bonchev–Trinajstić information content (AvgIpc) is 2.12. The van der Waals surface area contributed by atoms with Gasteiger partial charge >= 0.3 is 0 Å². The molecule has 0 nitrogen and oxygen atoms in total. The van der Waals surface area contributed by atoms with Gasteiger partial charge in [-0.25, -0.2) is 0 Å². The molecule has 1 aromatic rings. The van der Waals surface area contributed by atoms with Crippen molar-refractivity contribution in [1.29, 1.82) is 0 Å². The van der Waals surface area contributed by atoms with Gasteiger partial charge in [0.05, 0.1) is 0 Å². The number of hydrogen-bond acceptors (Lipinski definition) is 1. The van der Waals surface area contributed by atoms with Crippen LogP contribution in [-0.4, -0.2) is 5.76 Å². The Bertz CT molecular complexity index is 219. The molecule has 0 unspecified atom stereocenters. The third-order valence-corrected chi connectivity index (χ3v) is 1.97. The number of alkyl halides is 2. The Morgan fingerprint density at radius 1 is 1.08 bits per heavy atom. The molecule has 13 heavy (non-hydrogen) atoms. The Hall–Kier alpha value is -0.570. The van der Waals surface area contributed by atoms with Crippen LogP contribution in [0.1, 0.15) is 19.4 Å². The van der Waals surface area contributed by atoms with E-state index in [2.05, 4.69) is 0 Å². The van der Waals surface area contributed by atoms with Crippen molar-refractivity contribution in [3.05, 3.63) is 29.8 Å². The minimum atomic E-state index is -2.32. The van der Waals surface area contributed by atoms with Crippen LogP contribution in [0.2, 0.25) is 0 Å². The molecular formula is C10H14F2S. The average molecular weight is 204 g/mol. The van der Waals surface area contributed by atoms with Gasteiger partial charge in [0.15, 0.2) is 0 Å². The zero-order chi connectivity index (χ0) is 10.3. The maximum atomic E-state index is 11.8. The van der Waals surface area contributed by atoms with Crippen LogP contribution in [0.5, 0.6) is 0 Å². The molecule has 0 saturated carbocycles. The maximum Gasteiger partial charge on any atom is 0.288 e. The molecule has 3 heteroatoms. The zero-order valence-corrected chi connectivity index (χ0v) is 8.87. The lowest BCUT2D eigenvalue weighted by Crippen LogP contribution is -1.80. The van der Waals surface area contributed by atoms with Gasteiger partial charge in [0.25, 0.3) is 5.76 Å². The quantitative estimate of drug-likeness (QED) is 0.646. The number of thioether (sulfide) groups is 1. The summed E-state index contributed by atoms with van der Waals surface area (Å²) < 4.78 is 23.6. The van der Waals surface area contributed by atoms with Crippen molar-refractivity contribution in [2.75, 3.05) is 0 Å². The van der Waals surface area contributed by atoms with Gasteiger partial charge in [-0.05, 0) is 19.1 Å². The van der Waals surface area contributed by atoms with E-state index in [-0.39, 0.29) is 0 Å². The lowest BCUT2D eigenvalue weighted by molar-refractivity contribution is 0.252. The van der Waals surface area contributed by atoms with Crippen LogP contribution < -0.4 is 0 Å². The van der Waals surface area contributed by atoms with Crippen molar-refractivity contribution in [2.24, 2.45) is 0 Å². The Balaban J connectivity index is 0.000000671. The van der Waals surface area contributed by atoms with E-state index in [0.29, 0.717) is 16.7 Å². The van der Waals surface area contributed by atoms with Crippen molar-refractivity contribution >= 4 is 11.8 Å². The molecule has 0 aromatic heterocycles. The predicted molar refractivity (Wildman–Crippen MR) is 54.4 cm³/mol. The molecule has 0 amide bonds. The minimum Gasteiger partial charge on any atom is -0.198 e. The van der Waals surface area contributed by atoms with E-state index in [0.717, 1.165) is 5.56 Å². The van der Waals surface area contributed by atoms with Gasteiger partial charge in [0, 0.05) is 4.90 Å². The summed E-state index contributed by atoms with van der Waals surface area (Å²) in [6.07, 6.45) is 0. The van der Waals surface area contributed by atoms with Crippen LogP contribution in [0, 0.1) is 6.92 Å². The van der Waals surface area contributed by atoms with E-state index in [9.17, 15) is 8.78 Å². The molecule has 0 N–H and O–H groups in total. The summed E-state index contributed by atoms with van der Waals surface area (Å²) >= 11 is 0.574. The molecule has 0 bridgehead atoms. The second-order valence-corrected chi connectivity index (χ2v) is 3.26. The van der Waals surface area contributed by atoms with Crippen LogP contribution in [-0.2, 0) is 0 Å². The third kappa shape index (κ3) is 5.64. The first-order chi connectivity index (χ1) is 6.18. The molecule has 0 heterocycles. The summed E-state index contributed by atoms with van der Waals surface area (Å²) in [5, 5.41) is 0. The SMILES string of the molecule is CC.Cc1ccc(SC(F)F)cc1. The molecule has 0 atom stereocenters. The molecule has 0 fully saturated rings. The van der Waals surface area contributed by atoms with E-state index in [1.807, 2.05) is 32.9 Å². The van der Waals surface area contributed by atoms with Gasteiger partial charge in [0.2, 0.25) is 0 Å². The van der Waals surface area contributed by atoms with Gasteiger partial charge in [-0.2, -0.15) is 8.78 Å². The first kappa shape index (κ1) is 12.4. The van der Waals surface area contributed by atoms with Crippen LogP contribution >= 0.6 is 11.8 Å². The van der Waals surface area contributed by atoms with Gasteiger partial charge in [-0.1, -0.05) is 43.3 Å². The normalized spacial score (nSPS) is 9.38. The summed E-state index contributed by atoms with van der Waals surface area (Å²) in [6, 6.07) is 7.05. The Morgan fingerprint density at radius 2 is 1.54 bits per heavy atom. The monoisotopic (exact) mass is 204 g/mol. The molecule has 74 valence electrons. The number of aryl methyl sites for hydroxylation is 1. The van der Waals surface area contributed by atoms with E-state index in [1.165, 1.54) is 0 Å². The molecule has 0 aliphatic rings. The van der Waals surface area contributed by atoms with E-state index in [4.69, 9.17) is 0 Å². The molecule has 1 rings (SSSR count). The zero-order valence-electron chi connectivity index (χ0n) is 8.05. The second-order valence-electron chi connectivity index (χ2n) is 2.19. The number of benzene rings is 1. The lowest BCUT2D eigenvalue weighted by Gasteiger charge is -1.98. The van der Waals surface area contributed by atoms with Crippen LogP contribution in [0.3, 0.4) is 0 Å². The second kappa shape index (κ2) is 6.89. The Kier molecular flexibility index (Phi) is 6.59. The highest BCUT2D eigenvalue weighted by Crippen LogP contribution is 2.24. The largest absolute Gasteiger partial charge is 0.288 e. The molecule has 0 spiro atoms. The Morgan fingerprint density at radius 3 is 1.92 bits per heavy atom. The summed E-state index contributed by atoms with van der Waals surface area (Å²) in [6.45, 7) is 5.93. The fourth-order valence-electron chi connectivity index (χ4n) is 0.720. The highest BCUT2D eigenvalue weighted by molar-refractivity contribution is 7.99. The fourth-order valence-corrected chi connectivity index (χ4v) is 1.22. The third-order valence-electron chi connectivity index (χ3n) is 1.25. The maximum absolute atomic E-state index is 11.8. The lowest BCUT2D eigenvalue weighted by atomic mass is 10.2. The minimum absolute atomic E-state index is 0.574. The number of halogens is 2. The van der Waals surface area contributed by atoms with E-state index >= 15 is 0 Å². The van der Waals surface area contributed by atoms with Gasteiger partial charge in [-0.15, -0.1) is 0 Å². The highest BCUT2D eigenvalue weighted by atomic mass is 32.2. The molecule has 1 aromatic carbocycles. The summed E-state index contributed by atoms with van der Waals surface area (Å²) in [5.41, 5.74) is 1.09. The van der Waals surface area contributed by atoms with Crippen molar-refractivity contribution < 1.29 is 8.78 Å². The molecule has 0 saturated heterocycles. The first-order valence-electron chi connectivity index (χ1n) is 4.20. The summed E-state index contributed by atoms with van der Waals surface area (Å²) in [5.74, 6) is -2.32. The van der Waals surface area contributed by atoms with Crippen LogP contribution in [0.25, 0.3) is 0 Å². The number of rotatable bonds is 2. The van der Waals surface area contributed by atoms with Gasteiger partial charge in [0.1, 0.15) is 0 Å². The number of hydrogen-bond donors (Lipinski definition) is 0. The molecule has 0 radical (unpaired) electrons. The van der Waals surface area contributed by atoms with Crippen molar-refractivity contribution in [1.82, 2.24) is 0 Å². The van der Waals surface area contributed by atoms with Crippen LogP contribution in [0.4, 0.5) is 8.78 Å². The smallest absolute Gasteiger partial charge is 0.198 e. The van der Waals surface area contributed by atoms with Crippen molar-refractivity contribution in [2.45, 2.75) is 31.4 Å². The first-order valence-corrected chi connectivity index (χ1v) is 5.08. The molecule has 0 aliphatic heterocycles. The van der Waals surface area contributed by atoms with E-state index < -0.39 is 5.76 Å². The summed E-state index contributed by atoms with van der Waals surface area (Å²) in [4.78, 5) is 0.616. The van der Waals surface area contributed by atoms with Gasteiger partial charge in [-0.3, -0.25) is 0 Å². The molecule has 0 aliphatic carbocycles. The van der Waals surface area contributed by atoms with Gasteiger partial charge < -0.3 is 0 Å². The standard InChI is InChI=1S/C8H8F2S.C2H6/c1-6-2-4-7(5-3-6)11-8(9)10;1-2/h2-5,8H,1H3;1-2H3. The van der Waals surface area contributed by atoms with E-state index in [1.54, 1.807) is 12.1 Å².